The summed E-state index contributed by atoms with van der Waals surface area (Å²) in [4.78, 5) is 0. The van der Waals surface area contributed by atoms with Crippen LogP contribution in [-0.4, -0.2) is 19.8 Å². The maximum Gasteiger partial charge on any atom is 0.179 e. The molecule has 1 aromatic rings. The molecular formula is C17H28ClNO2. The maximum absolute atomic E-state index is 6.34. The molecule has 3 nitrogen and oxygen atoms in total. The number of rotatable bonds is 10. The van der Waals surface area contributed by atoms with Gasteiger partial charge in [0.05, 0.1) is 18.2 Å². The Morgan fingerprint density at radius 3 is 2.57 bits per heavy atom. The Morgan fingerprint density at radius 1 is 1.19 bits per heavy atom. The largest absolute Gasteiger partial charge is 0.490 e. The Kier molecular flexibility index (Phi) is 8.55. The lowest BCUT2D eigenvalue weighted by molar-refractivity contribution is 0.277. The van der Waals surface area contributed by atoms with Gasteiger partial charge in [0.15, 0.2) is 11.5 Å². The minimum Gasteiger partial charge on any atom is -0.490 e. The highest BCUT2D eigenvalue weighted by atomic mass is 35.5. The first-order valence-electron chi connectivity index (χ1n) is 7.87. The average molecular weight is 314 g/mol. The average Bonchev–Trinajstić information content (AvgIpc) is 2.43. The van der Waals surface area contributed by atoms with Gasteiger partial charge in [-0.1, -0.05) is 32.4 Å². The van der Waals surface area contributed by atoms with Crippen LogP contribution in [0.25, 0.3) is 0 Å². The van der Waals surface area contributed by atoms with Crippen LogP contribution in [0.1, 0.15) is 46.1 Å². The van der Waals surface area contributed by atoms with Crippen LogP contribution in [0.15, 0.2) is 12.1 Å². The first-order chi connectivity index (χ1) is 10.1. The molecule has 0 saturated heterocycles. The van der Waals surface area contributed by atoms with Gasteiger partial charge in [0, 0.05) is 6.54 Å². The van der Waals surface area contributed by atoms with E-state index in [9.17, 15) is 0 Å². The van der Waals surface area contributed by atoms with E-state index in [0.29, 0.717) is 29.9 Å². The van der Waals surface area contributed by atoms with Gasteiger partial charge in [-0.05, 0) is 49.9 Å². The molecule has 120 valence electrons. The van der Waals surface area contributed by atoms with Crippen LogP contribution < -0.4 is 14.8 Å². The Bertz CT molecular complexity index is 421. The standard InChI is InChI=1S/C17H28ClNO2/c1-5-9-21-17-15(18)10-14(11-16(17)20-6-2)12-19-8-7-13(3)4/h10-11,13,19H,5-9,12H2,1-4H3. The molecule has 1 aromatic carbocycles. The first-order valence-corrected chi connectivity index (χ1v) is 8.25. The third-order valence-electron chi connectivity index (χ3n) is 3.05. The van der Waals surface area contributed by atoms with Crippen molar-refractivity contribution in [3.8, 4) is 11.5 Å². The van der Waals surface area contributed by atoms with Gasteiger partial charge >= 0.3 is 0 Å². The third-order valence-corrected chi connectivity index (χ3v) is 3.33. The van der Waals surface area contributed by atoms with Gasteiger partial charge in [-0.3, -0.25) is 0 Å². The predicted octanol–water partition coefficient (Wildman–Crippen LogP) is 4.66. The van der Waals surface area contributed by atoms with Crippen molar-refractivity contribution in [1.82, 2.24) is 5.32 Å². The van der Waals surface area contributed by atoms with Crippen molar-refractivity contribution < 1.29 is 9.47 Å². The van der Waals surface area contributed by atoms with Crippen LogP contribution in [0.4, 0.5) is 0 Å². The smallest absolute Gasteiger partial charge is 0.179 e. The molecule has 4 heteroatoms. The Morgan fingerprint density at radius 2 is 1.95 bits per heavy atom. The molecule has 1 N–H and O–H groups in total. The molecule has 21 heavy (non-hydrogen) atoms. The molecule has 0 aromatic heterocycles. The number of nitrogens with one attached hydrogen (secondary N) is 1. The van der Waals surface area contributed by atoms with E-state index < -0.39 is 0 Å². The zero-order valence-electron chi connectivity index (χ0n) is 13.7. The van der Waals surface area contributed by atoms with Crippen molar-refractivity contribution in [1.29, 1.82) is 0 Å². The lowest BCUT2D eigenvalue weighted by Crippen LogP contribution is -2.16. The molecule has 0 saturated carbocycles. The molecule has 0 unspecified atom stereocenters. The Hall–Kier alpha value is -0.930. The summed E-state index contributed by atoms with van der Waals surface area (Å²) in [5.41, 5.74) is 1.12. The summed E-state index contributed by atoms with van der Waals surface area (Å²) < 4.78 is 11.4. The second kappa shape index (κ2) is 9.91. The molecule has 0 amide bonds. The molecule has 0 radical (unpaired) electrons. The highest BCUT2D eigenvalue weighted by molar-refractivity contribution is 6.32. The molecule has 0 aliphatic heterocycles. The third kappa shape index (κ3) is 6.58. The van der Waals surface area contributed by atoms with Crippen molar-refractivity contribution in [2.45, 2.75) is 47.1 Å². The maximum atomic E-state index is 6.34. The lowest BCUT2D eigenvalue weighted by atomic mass is 10.1. The quantitative estimate of drug-likeness (QED) is 0.637. The zero-order chi connectivity index (χ0) is 15.7. The van der Waals surface area contributed by atoms with Crippen LogP contribution in [0.5, 0.6) is 11.5 Å². The minimum atomic E-state index is 0.600. The van der Waals surface area contributed by atoms with Gasteiger partial charge in [0.1, 0.15) is 0 Å². The fourth-order valence-electron chi connectivity index (χ4n) is 1.95. The van der Waals surface area contributed by atoms with Gasteiger partial charge in [0.2, 0.25) is 0 Å². The van der Waals surface area contributed by atoms with E-state index in [4.69, 9.17) is 21.1 Å². The van der Waals surface area contributed by atoms with Gasteiger partial charge in [-0.25, -0.2) is 0 Å². The minimum absolute atomic E-state index is 0.600. The Balaban J connectivity index is 2.73. The monoisotopic (exact) mass is 313 g/mol. The second-order valence-corrected chi connectivity index (χ2v) is 5.95. The predicted molar refractivity (Wildman–Crippen MR) is 89.6 cm³/mol. The first kappa shape index (κ1) is 18.1. The van der Waals surface area contributed by atoms with Crippen LogP contribution in [0.3, 0.4) is 0 Å². The highest BCUT2D eigenvalue weighted by Gasteiger charge is 2.12. The zero-order valence-corrected chi connectivity index (χ0v) is 14.4. The number of hydrogen-bond donors (Lipinski definition) is 1. The van der Waals surface area contributed by atoms with E-state index >= 15 is 0 Å². The van der Waals surface area contributed by atoms with Crippen molar-refractivity contribution >= 4 is 11.6 Å². The lowest BCUT2D eigenvalue weighted by Gasteiger charge is -2.15. The van der Waals surface area contributed by atoms with Crippen molar-refractivity contribution in [2.75, 3.05) is 19.8 Å². The molecule has 0 bridgehead atoms. The summed E-state index contributed by atoms with van der Waals surface area (Å²) in [6.45, 7) is 11.5. The van der Waals surface area contributed by atoms with E-state index in [1.54, 1.807) is 0 Å². The molecule has 0 aliphatic carbocycles. The van der Waals surface area contributed by atoms with Gasteiger partial charge in [-0.2, -0.15) is 0 Å². The van der Waals surface area contributed by atoms with Gasteiger partial charge in [-0.15, -0.1) is 0 Å². The van der Waals surface area contributed by atoms with Crippen LogP contribution >= 0.6 is 11.6 Å². The van der Waals surface area contributed by atoms with E-state index in [1.807, 2.05) is 19.1 Å². The van der Waals surface area contributed by atoms with E-state index in [-0.39, 0.29) is 0 Å². The van der Waals surface area contributed by atoms with Crippen molar-refractivity contribution in [3.05, 3.63) is 22.7 Å². The second-order valence-electron chi connectivity index (χ2n) is 5.55. The summed E-state index contributed by atoms with van der Waals surface area (Å²) in [5, 5.41) is 4.06. The normalized spacial score (nSPS) is 11.0. The molecule has 0 aliphatic rings. The van der Waals surface area contributed by atoms with Gasteiger partial charge in [0.25, 0.3) is 0 Å². The highest BCUT2D eigenvalue weighted by Crippen LogP contribution is 2.36. The molecule has 0 heterocycles. The van der Waals surface area contributed by atoms with Crippen LogP contribution in [-0.2, 0) is 6.54 Å². The Labute approximate surface area is 134 Å². The van der Waals surface area contributed by atoms with E-state index in [1.165, 1.54) is 6.42 Å². The van der Waals surface area contributed by atoms with Gasteiger partial charge < -0.3 is 14.8 Å². The number of hydrogen-bond acceptors (Lipinski definition) is 3. The van der Waals surface area contributed by atoms with E-state index in [0.717, 1.165) is 30.8 Å². The van der Waals surface area contributed by atoms with Crippen molar-refractivity contribution in [2.24, 2.45) is 5.92 Å². The topological polar surface area (TPSA) is 30.5 Å². The summed E-state index contributed by atoms with van der Waals surface area (Å²) >= 11 is 6.34. The molecule has 0 fully saturated rings. The number of ether oxygens (including phenoxy) is 2. The number of halogens is 1. The molecule has 1 rings (SSSR count). The van der Waals surface area contributed by atoms with Crippen LogP contribution in [0, 0.1) is 5.92 Å². The SMILES string of the molecule is CCCOc1c(Cl)cc(CNCCC(C)C)cc1OCC. The fraction of sp³-hybridized carbons (Fsp3) is 0.647. The molecule has 0 atom stereocenters. The van der Waals surface area contributed by atoms with Crippen LogP contribution in [0.2, 0.25) is 5.02 Å². The summed E-state index contributed by atoms with van der Waals surface area (Å²) in [7, 11) is 0. The molecule has 0 spiro atoms. The summed E-state index contributed by atoms with van der Waals surface area (Å²) in [5.74, 6) is 2.11. The molecular weight excluding hydrogens is 286 g/mol. The van der Waals surface area contributed by atoms with E-state index in [2.05, 4.69) is 26.1 Å². The number of benzene rings is 1. The van der Waals surface area contributed by atoms with Crippen molar-refractivity contribution in [3.63, 3.8) is 0 Å². The summed E-state index contributed by atoms with van der Waals surface area (Å²) in [6, 6.07) is 3.97. The fourth-order valence-corrected chi connectivity index (χ4v) is 2.24. The summed E-state index contributed by atoms with van der Waals surface area (Å²) in [6.07, 6.45) is 2.12.